The van der Waals surface area contributed by atoms with E-state index >= 15 is 0 Å². The number of sulfonamides is 1. The molecule has 178 valence electrons. The minimum atomic E-state index is -3.67. The summed E-state index contributed by atoms with van der Waals surface area (Å²) in [6.07, 6.45) is 0. The van der Waals surface area contributed by atoms with Gasteiger partial charge in [0.1, 0.15) is 11.5 Å². The molecule has 0 bridgehead atoms. The second-order valence-electron chi connectivity index (χ2n) is 7.90. The van der Waals surface area contributed by atoms with Crippen molar-refractivity contribution in [2.45, 2.75) is 39.5 Å². The number of rotatable bonds is 7. The Balaban J connectivity index is 1.74. The molecule has 3 aromatic heterocycles. The van der Waals surface area contributed by atoms with E-state index in [1.165, 1.54) is 16.4 Å². The minimum absolute atomic E-state index is 0.111. The largest absolute Gasteiger partial charge is 0.466 e. The van der Waals surface area contributed by atoms with Crippen molar-refractivity contribution < 1.29 is 22.2 Å². The van der Waals surface area contributed by atoms with E-state index in [-0.39, 0.29) is 10.6 Å². The topological polar surface area (TPSA) is 119 Å². The minimum Gasteiger partial charge on any atom is -0.466 e. The SMILES string of the molecule is CCN(CC)S(=O)(=O)c1cccc(NC(=O)c2cc(-c3cc(C)oc3C)nc3onc(C)c23)c1. The van der Waals surface area contributed by atoms with E-state index in [2.05, 4.69) is 15.5 Å². The predicted octanol–water partition coefficient (Wildman–Crippen LogP) is 4.69. The number of nitrogens with one attached hydrogen (secondary N) is 1. The van der Waals surface area contributed by atoms with Crippen LogP contribution in [0.2, 0.25) is 0 Å². The van der Waals surface area contributed by atoms with Crippen LogP contribution in [-0.4, -0.2) is 41.9 Å². The Bertz CT molecular complexity index is 1480. The van der Waals surface area contributed by atoms with Crippen molar-refractivity contribution in [3.63, 3.8) is 0 Å². The van der Waals surface area contributed by atoms with E-state index < -0.39 is 15.9 Å². The number of anilines is 1. The molecule has 0 radical (unpaired) electrons. The molecular weight excluding hydrogens is 456 g/mol. The lowest BCUT2D eigenvalue weighted by molar-refractivity contribution is 0.102. The van der Waals surface area contributed by atoms with Gasteiger partial charge < -0.3 is 14.3 Å². The Morgan fingerprint density at radius 2 is 1.82 bits per heavy atom. The van der Waals surface area contributed by atoms with Crippen molar-refractivity contribution >= 4 is 32.7 Å². The summed E-state index contributed by atoms with van der Waals surface area (Å²) in [5.41, 5.74) is 2.69. The van der Waals surface area contributed by atoms with Gasteiger partial charge in [0, 0.05) is 24.3 Å². The summed E-state index contributed by atoms with van der Waals surface area (Å²) in [6, 6.07) is 9.71. The van der Waals surface area contributed by atoms with Crippen LogP contribution in [0.5, 0.6) is 0 Å². The molecule has 0 atom stereocenters. The second-order valence-corrected chi connectivity index (χ2v) is 9.84. The Labute approximate surface area is 197 Å². The molecule has 0 fully saturated rings. The number of hydrogen-bond donors (Lipinski definition) is 1. The molecule has 0 saturated heterocycles. The standard InChI is InChI=1S/C24H26N4O5S/c1-6-28(7-2)34(30,31)18-10-8-9-17(12-18)25-23(29)20-13-21(19-11-14(3)32-16(19)5)26-24-22(20)15(4)27-33-24/h8-13H,6-7H2,1-5H3,(H,25,29). The first-order chi connectivity index (χ1) is 16.1. The lowest BCUT2D eigenvalue weighted by Crippen LogP contribution is -2.30. The van der Waals surface area contributed by atoms with Crippen LogP contribution in [0.25, 0.3) is 22.4 Å². The van der Waals surface area contributed by atoms with Crippen LogP contribution >= 0.6 is 0 Å². The van der Waals surface area contributed by atoms with Gasteiger partial charge in [-0.1, -0.05) is 25.1 Å². The van der Waals surface area contributed by atoms with Crippen molar-refractivity contribution in [3.8, 4) is 11.3 Å². The fourth-order valence-corrected chi connectivity index (χ4v) is 5.45. The van der Waals surface area contributed by atoms with Gasteiger partial charge in [0.25, 0.3) is 11.6 Å². The maximum absolute atomic E-state index is 13.4. The van der Waals surface area contributed by atoms with Crippen LogP contribution in [0.15, 0.2) is 50.2 Å². The van der Waals surface area contributed by atoms with Gasteiger partial charge in [-0.3, -0.25) is 4.79 Å². The van der Waals surface area contributed by atoms with Crippen LogP contribution in [0.1, 0.15) is 41.4 Å². The maximum atomic E-state index is 13.4. The number of carbonyl (C=O) groups excluding carboxylic acids is 1. The third-order valence-corrected chi connectivity index (χ3v) is 7.66. The normalized spacial score (nSPS) is 11.9. The van der Waals surface area contributed by atoms with E-state index in [9.17, 15) is 13.2 Å². The molecule has 1 aromatic carbocycles. The van der Waals surface area contributed by atoms with E-state index in [4.69, 9.17) is 8.94 Å². The average molecular weight is 483 g/mol. The summed E-state index contributed by atoms with van der Waals surface area (Å²) in [5, 5.41) is 7.27. The molecule has 1 N–H and O–H groups in total. The monoisotopic (exact) mass is 482 g/mol. The molecule has 10 heteroatoms. The predicted molar refractivity (Wildman–Crippen MR) is 128 cm³/mol. The Kier molecular flexibility index (Phi) is 6.28. The van der Waals surface area contributed by atoms with Crippen LogP contribution in [0.4, 0.5) is 5.69 Å². The van der Waals surface area contributed by atoms with Gasteiger partial charge in [-0.15, -0.1) is 0 Å². The van der Waals surface area contributed by atoms with Gasteiger partial charge in [-0.2, -0.15) is 4.31 Å². The number of nitrogens with zero attached hydrogens (tertiary/aromatic N) is 3. The Morgan fingerprint density at radius 3 is 2.47 bits per heavy atom. The third kappa shape index (κ3) is 4.22. The molecule has 34 heavy (non-hydrogen) atoms. The fourth-order valence-electron chi connectivity index (χ4n) is 3.94. The van der Waals surface area contributed by atoms with Crippen molar-refractivity contribution in [1.29, 1.82) is 0 Å². The first-order valence-corrected chi connectivity index (χ1v) is 12.4. The second kappa shape index (κ2) is 9.03. The van der Waals surface area contributed by atoms with Gasteiger partial charge >= 0.3 is 0 Å². The maximum Gasteiger partial charge on any atom is 0.259 e. The highest BCUT2D eigenvalue weighted by atomic mass is 32.2. The zero-order valence-corrected chi connectivity index (χ0v) is 20.5. The highest BCUT2D eigenvalue weighted by molar-refractivity contribution is 7.89. The zero-order valence-electron chi connectivity index (χ0n) is 19.7. The van der Waals surface area contributed by atoms with Gasteiger partial charge in [0.2, 0.25) is 10.0 Å². The molecule has 1 amide bonds. The highest BCUT2D eigenvalue weighted by Crippen LogP contribution is 2.31. The van der Waals surface area contributed by atoms with Crippen molar-refractivity contribution in [1.82, 2.24) is 14.4 Å². The van der Waals surface area contributed by atoms with Crippen molar-refractivity contribution in [3.05, 3.63) is 59.2 Å². The summed E-state index contributed by atoms with van der Waals surface area (Å²) in [6.45, 7) is 9.66. The van der Waals surface area contributed by atoms with Gasteiger partial charge in [-0.05, 0) is 51.1 Å². The number of amides is 1. The Morgan fingerprint density at radius 1 is 1.09 bits per heavy atom. The van der Waals surface area contributed by atoms with E-state index in [0.717, 1.165) is 11.3 Å². The molecule has 4 rings (SSSR count). The molecule has 0 spiro atoms. The molecule has 0 aliphatic carbocycles. The number of furan rings is 1. The summed E-state index contributed by atoms with van der Waals surface area (Å²) >= 11 is 0. The zero-order chi connectivity index (χ0) is 24.6. The molecular formula is C24H26N4O5S. The number of hydrogen-bond acceptors (Lipinski definition) is 7. The van der Waals surface area contributed by atoms with E-state index in [0.29, 0.717) is 46.9 Å². The lowest BCUT2D eigenvalue weighted by Gasteiger charge is -2.19. The molecule has 0 aliphatic rings. The number of pyridine rings is 1. The number of carbonyl (C=O) groups is 1. The van der Waals surface area contributed by atoms with Crippen LogP contribution in [0, 0.1) is 20.8 Å². The lowest BCUT2D eigenvalue weighted by atomic mass is 10.1. The van der Waals surface area contributed by atoms with Gasteiger partial charge in [0.15, 0.2) is 0 Å². The first kappa shape index (κ1) is 23.7. The molecule has 4 aromatic rings. The van der Waals surface area contributed by atoms with Crippen molar-refractivity contribution in [2.24, 2.45) is 0 Å². The van der Waals surface area contributed by atoms with E-state index in [1.54, 1.807) is 39.0 Å². The third-order valence-electron chi connectivity index (χ3n) is 5.61. The first-order valence-electron chi connectivity index (χ1n) is 10.9. The van der Waals surface area contributed by atoms with Crippen molar-refractivity contribution in [2.75, 3.05) is 18.4 Å². The number of aryl methyl sites for hydroxylation is 3. The average Bonchev–Trinajstić information content (AvgIpc) is 3.35. The summed E-state index contributed by atoms with van der Waals surface area (Å²) < 4.78 is 38.1. The molecule has 9 nitrogen and oxygen atoms in total. The summed E-state index contributed by atoms with van der Waals surface area (Å²) in [5.74, 6) is 0.955. The highest BCUT2D eigenvalue weighted by Gasteiger charge is 2.24. The summed E-state index contributed by atoms with van der Waals surface area (Å²) in [7, 11) is -3.67. The molecule has 0 unspecified atom stereocenters. The quantitative estimate of drug-likeness (QED) is 0.406. The number of fused-ring (bicyclic) bond motifs is 1. The molecule has 0 saturated carbocycles. The number of benzene rings is 1. The Hall–Kier alpha value is -3.50. The van der Waals surface area contributed by atoms with E-state index in [1.807, 2.05) is 19.9 Å². The van der Waals surface area contributed by atoms with Crippen LogP contribution < -0.4 is 5.32 Å². The fraction of sp³-hybridized carbons (Fsp3) is 0.292. The molecule has 0 aliphatic heterocycles. The van der Waals surface area contributed by atoms with Gasteiger partial charge in [0.05, 0.1) is 27.2 Å². The summed E-state index contributed by atoms with van der Waals surface area (Å²) in [4.78, 5) is 18.0. The van der Waals surface area contributed by atoms with Gasteiger partial charge in [-0.25, -0.2) is 13.4 Å². The molecule has 3 heterocycles. The smallest absolute Gasteiger partial charge is 0.259 e. The van der Waals surface area contributed by atoms with Crippen LogP contribution in [0.3, 0.4) is 0 Å². The van der Waals surface area contributed by atoms with Crippen LogP contribution in [-0.2, 0) is 10.0 Å². The number of aromatic nitrogens is 2.